The van der Waals surface area contributed by atoms with Crippen molar-refractivity contribution in [1.29, 1.82) is 0 Å². The summed E-state index contributed by atoms with van der Waals surface area (Å²) in [6.45, 7) is 0. The maximum atomic E-state index is 3.26. The fourth-order valence-electron chi connectivity index (χ4n) is 1.43. The van der Waals surface area contributed by atoms with E-state index in [1.165, 1.54) is 11.1 Å². The summed E-state index contributed by atoms with van der Waals surface area (Å²) in [5.41, 5.74) is 2.44. The molecular weight excluding hydrogens is 257 g/mol. The van der Waals surface area contributed by atoms with Crippen molar-refractivity contribution in [3.05, 3.63) is 71.8 Å². The van der Waals surface area contributed by atoms with E-state index in [1.807, 2.05) is 24.3 Å². The molecule has 1 aliphatic carbocycles. The minimum Gasteiger partial charge on any atom is -0.180 e. The zero-order valence-electron chi connectivity index (χ0n) is 8.61. The van der Waals surface area contributed by atoms with Crippen molar-refractivity contribution in [1.82, 2.24) is 0 Å². The second kappa shape index (κ2) is 6.92. The predicted molar refractivity (Wildman–Crippen MR) is 58.6 cm³/mol. The van der Waals surface area contributed by atoms with Gasteiger partial charge in [0.2, 0.25) is 0 Å². The van der Waals surface area contributed by atoms with E-state index in [1.54, 1.807) is 0 Å². The van der Waals surface area contributed by atoms with Crippen LogP contribution >= 0.6 is 0 Å². The molecule has 0 spiro atoms. The summed E-state index contributed by atoms with van der Waals surface area (Å²) < 4.78 is 0. The van der Waals surface area contributed by atoms with Gasteiger partial charge in [-0.3, -0.25) is 0 Å². The van der Waals surface area contributed by atoms with Crippen LogP contribution in [0.5, 0.6) is 0 Å². The van der Waals surface area contributed by atoms with Crippen LogP contribution < -0.4 is 0 Å². The first-order chi connectivity index (χ1) is 6.95. The van der Waals surface area contributed by atoms with Crippen LogP contribution in [0.3, 0.4) is 0 Å². The molecule has 0 atom stereocenters. The van der Waals surface area contributed by atoms with Crippen LogP contribution in [0.25, 0.3) is 0 Å². The molecule has 0 aliphatic heterocycles. The Morgan fingerprint density at radius 3 is 2.93 bits per heavy atom. The first kappa shape index (κ1) is 12.6. The smallest absolute Gasteiger partial charge is 0 e. The minimum atomic E-state index is 0. The van der Waals surface area contributed by atoms with Gasteiger partial charge < -0.3 is 0 Å². The average molecular weight is 269 g/mol. The number of rotatable bonds is 2. The molecular formula is C14H12Y-2. The Labute approximate surface area is 117 Å². The van der Waals surface area contributed by atoms with Gasteiger partial charge in [-0.25, -0.2) is 0 Å². The molecule has 0 heterocycles. The Kier molecular flexibility index (Phi) is 5.82. The molecule has 1 heteroatoms. The molecule has 15 heavy (non-hydrogen) atoms. The van der Waals surface area contributed by atoms with E-state index in [4.69, 9.17) is 0 Å². The van der Waals surface area contributed by atoms with Gasteiger partial charge in [-0.15, -0.1) is 6.08 Å². The second-order valence-corrected chi connectivity index (χ2v) is 3.27. The number of allylic oxidation sites excluding steroid dienone is 6. The standard InChI is InChI=1S/C14H12.Y/c1-2-5-9-13(8-4-1)12-14-10-6-3-7-11-14;/h1,3-7,9-10H,2,12H2;/q-2;. The molecule has 0 nitrogen and oxygen atoms in total. The fraction of sp³-hybridized carbons (Fsp3) is 0.143. The molecule has 0 amide bonds. The summed E-state index contributed by atoms with van der Waals surface area (Å²) in [7, 11) is 0. The van der Waals surface area contributed by atoms with Crippen LogP contribution in [0.4, 0.5) is 0 Å². The topological polar surface area (TPSA) is 0 Å². The molecule has 0 aromatic heterocycles. The van der Waals surface area contributed by atoms with Gasteiger partial charge in [0.05, 0.1) is 0 Å². The molecule has 0 saturated heterocycles. The summed E-state index contributed by atoms with van der Waals surface area (Å²) >= 11 is 0. The largest absolute Gasteiger partial charge is 0.180 e. The minimum absolute atomic E-state index is 0. The number of hydrogen-bond acceptors (Lipinski definition) is 0. The van der Waals surface area contributed by atoms with Gasteiger partial charge >= 0.3 is 0 Å². The van der Waals surface area contributed by atoms with Gasteiger partial charge in [0.15, 0.2) is 0 Å². The zero-order chi connectivity index (χ0) is 9.64. The maximum absolute atomic E-state index is 3.26. The first-order valence-corrected chi connectivity index (χ1v) is 4.84. The Hall–Kier alpha value is -0.456. The van der Waals surface area contributed by atoms with Crippen LogP contribution in [0.2, 0.25) is 0 Å². The predicted octanol–water partition coefficient (Wildman–Crippen LogP) is 3.27. The first-order valence-electron chi connectivity index (χ1n) is 4.84. The average Bonchev–Trinajstić information content (AvgIpc) is 2.48. The van der Waals surface area contributed by atoms with Gasteiger partial charge in [0.25, 0.3) is 0 Å². The molecule has 0 fully saturated rings. The third-order valence-electron chi connectivity index (χ3n) is 2.13. The number of hydrogen-bond donors (Lipinski definition) is 0. The van der Waals surface area contributed by atoms with Crippen molar-refractivity contribution in [2.24, 2.45) is 0 Å². The summed E-state index contributed by atoms with van der Waals surface area (Å²) in [6.07, 6.45) is 13.6. The van der Waals surface area contributed by atoms with E-state index in [0.717, 1.165) is 12.8 Å². The molecule has 0 bridgehead atoms. The van der Waals surface area contributed by atoms with Crippen molar-refractivity contribution < 1.29 is 32.7 Å². The van der Waals surface area contributed by atoms with Crippen molar-refractivity contribution in [2.75, 3.05) is 0 Å². The van der Waals surface area contributed by atoms with E-state index in [2.05, 4.69) is 36.4 Å². The van der Waals surface area contributed by atoms with Gasteiger partial charge in [0, 0.05) is 32.7 Å². The molecule has 1 aromatic carbocycles. The van der Waals surface area contributed by atoms with Crippen molar-refractivity contribution in [2.45, 2.75) is 12.8 Å². The Morgan fingerprint density at radius 1 is 1.20 bits per heavy atom. The van der Waals surface area contributed by atoms with Crippen molar-refractivity contribution in [3.8, 4) is 0 Å². The Bertz CT molecular complexity index is 372. The van der Waals surface area contributed by atoms with E-state index < -0.39 is 0 Å². The normalized spacial score (nSPS) is 14.0. The summed E-state index contributed by atoms with van der Waals surface area (Å²) in [5, 5.41) is 0. The van der Waals surface area contributed by atoms with Crippen LogP contribution in [-0.4, -0.2) is 0 Å². The molecule has 0 unspecified atom stereocenters. The fourth-order valence-corrected chi connectivity index (χ4v) is 1.43. The van der Waals surface area contributed by atoms with Gasteiger partial charge in [0.1, 0.15) is 0 Å². The monoisotopic (exact) mass is 269 g/mol. The third-order valence-corrected chi connectivity index (χ3v) is 2.13. The number of benzene rings is 1. The molecule has 1 aromatic rings. The zero-order valence-corrected chi connectivity index (χ0v) is 11.4. The van der Waals surface area contributed by atoms with Crippen molar-refractivity contribution in [3.63, 3.8) is 0 Å². The van der Waals surface area contributed by atoms with Crippen LogP contribution in [0.15, 0.2) is 54.1 Å². The van der Waals surface area contributed by atoms with Crippen LogP contribution in [0, 0.1) is 12.1 Å². The SMILES string of the molecule is [C-]1=C(Cc2[c-]cccc2)C=CCC=C1.[Y]. The summed E-state index contributed by atoms with van der Waals surface area (Å²) in [4.78, 5) is 0. The van der Waals surface area contributed by atoms with E-state index >= 15 is 0 Å². The van der Waals surface area contributed by atoms with E-state index in [-0.39, 0.29) is 32.7 Å². The maximum Gasteiger partial charge on any atom is 0 e. The molecule has 1 aliphatic rings. The second-order valence-electron chi connectivity index (χ2n) is 3.27. The molecule has 2 rings (SSSR count). The van der Waals surface area contributed by atoms with Gasteiger partial charge in [-0.1, -0.05) is 6.42 Å². The van der Waals surface area contributed by atoms with Gasteiger partial charge in [-0.2, -0.15) is 65.8 Å². The van der Waals surface area contributed by atoms with E-state index in [0.29, 0.717) is 0 Å². The Morgan fingerprint density at radius 2 is 2.13 bits per heavy atom. The molecule has 1 radical (unpaired) electrons. The van der Waals surface area contributed by atoms with Gasteiger partial charge in [-0.05, 0) is 6.42 Å². The summed E-state index contributed by atoms with van der Waals surface area (Å²) in [5.74, 6) is 0. The Balaban J connectivity index is 0.00000112. The quantitative estimate of drug-likeness (QED) is 0.723. The van der Waals surface area contributed by atoms with Crippen LogP contribution in [0.1, 0.15) is 12.0 Å². The van der Waals surface area contributed by atoms with Crippen LogP contribution in [-0.2, 0) is 39.1 Å². The molecule has 73 valence electrons. The molecule has 0 N–H and O–H groups in total. The summed E-state index contributed by atoms with van der Waals surface area (Å²) in [6, 6.07) is 11.3. The van der Waals surface area contributed by atoms with Crippen molar-refractivity contribution >= 4 is 0 Å². The third kappa shape index (κ3) is 4.28. The van der Waals surface area contributed by atoms with E-state index in [9.17, 15) is 0 Å². The molecule has 0 saturated carbocycles.